The van der Waals surface area contributed by atoms with E-state index in [1.54, 1.807) is 0 Å². The second-order valence-electron chi connectivity index (χ2n) is 8.73. The van der Waals surface area contributed by atoms with Crippen molar-refractivity contribution in [1.29, 1.82) is 0 Å². The Labute approximate surface area is 155 Å². The van der Waals surface area contributed by atoms with E-state index in [0.29, 0.717) is 5.76 Å². The van der Waals surface area contributed by atoms with Crippen molar-refractivity contribution >= 4 is 12.0 Å². The third-order valence-electron chi connectivity index (χ3n) is 5.74. The van der Waals surface area contributed by atoms with Crippen LogP contribution in [0.2, 0.25) is 0 Å². The normalized spacial score (nSPS) is 18.0. The van der Waals surface area contributed by atoms with E-state index in [0.717, 1.165) is 23.8 Å². The molecule has 2 aromatic rings. The van der Waals surface area contributed by atoms with Crippen molar-refractivity contribution in [2.45, 2.75) is 64.7 Å². The molecule has 1 aliphatic carbocycles. The fraction of sp³-hybridized carbons (Fsp3) is 0.435. The fourth-order valence-corrected chi connectivity index (χ4v) is 3.92. The Morgan fingerprint density at radius 3 is 2.42 bits per heavy atom. The van der Waals surface area contributed by atoms with Crippen molar-refractivity contribution in [2.75, 3.05) is 0 Å². The minimum atomic E-state index is -0.972. The lowest BCUT2D eigenvalue weighted by molar-refractivity contribution is -0.131. The van der Waals surface area contributed by atoms with Gasteiger partial charge in [-0.25, -0.2) is 4.79 Å². The monoisotopic (exact) mass is 352 g/mol. The Morgan fingerprint density at radius 2 is 1.77 bits per heavy atom. The van der Waals surface area contributed by atoms with Gasteiger partial charge in [0.1, 0.15) is 11.5 Å². The van der Waals surface area contributed by atoms with Crippen LogP contribution in [-0.2, 0) is 22.0 Å². The molecular formula is C23H28O3. The number of benzene rings is 1. The van der Waals surface area contributed by atoms with Gasteiger partial charge in [-0.15, -0.1) is 0 Å². The van der Waals surface area contributed by atoms with E-state index >= 15 is 0 Å². The molecule has 1 heterocycles. The fourth-order valence-electron chi connectivity index (χ4n) is 3.92. The number of fused-ring (bicyclic) bond motifs is 1. The number of hydrogen-bond acceptors (Lipinski definition) is 2. The van der Waals surface area contributed by atoms with Gasteiger partial charge in [-0.2, -0.15) is 0 Å². The van der Waals surface area contributed by atoms with Crippen LogP contribution < -0.4 is 0 Å². The number of rotatable bonds is 4. The first-order valence-electron chi connectivity index (χ1n) is 9.23. The zero-order valence-electron chi connectivity index (χ0n) is 16.3. The van der Waals surface area contributed by atoms with Crippen molar-refractivity contribution in [1.82, 2.24) is 0 Å². The Bertz CT molecular complexity index is 866. The molecule has 0 aliphatic heterocycles. The molecule has 1 aromatic heterocycles. The topological polar surface area (TPSA) is 50.4 Å². The van der Waals surface area contributed by atoms with Crippen LogP contribution in [0.25, 0.3) is 6.08 Å². The van der Waals surface area contributed by atoms with Crippen molar-refractivity contribution in [3.8, 4) is 0 Å². The lowest BCUT2D eigenvalue weighted by Gasteiger charge is -2.42. The number of hydrogen-bond donors (Lipinski definition) is 1. The van der Waals surface area contributed by atoms with E-state index in [1.807, 2.05) is 13.0 Å². The van der Waals surface area contributed by atoms with E-state index in [1.165, 1.54) is 35.6 Å². The van der Waals surface area contributed by atoms with Crippen molar-refractivity contribution in [3.63, 3.8) is 0 Å². The van der Waals surface area contributed by atoms with Gasteiger partial charge >= 0.3 is 5.97 Å². The number of aryl methyl sites for hydroxylation is 1. The predicted molar refractivity (Wildman–Crippen MR) is 105 cm³/mol. The second kappa shape index (κ2) is 6.46. The summed E-state index contributed by atoms with van der Waals surface area (Å²) in [6, 6.07) is 8.81. The van der Waals surface area contributed by atoms with Crippen molar-refractivity contribution < 1.29 is 14.3 Å². The summed E-state index contributed by atoms with van der Waals surface area (Å²) in [5.41, 5.74) is 5.71. The smallest absolute Gasteiger partial charge is 0.328 e. The predicted octanol–water partition coefficient (Wildman–Crippen LogP) is 5.63. The molecule has 3 rings (SSSR count). The average molecular weight is 352 g/mol. The zero-order chi connectivity index (χ0) is 19.1. The molecule has 0 unspecified atom stereocenters. The Kier molecular flexibility index (Phi) is 4.60. The summed E-state index contributed by atoms with van der Waals surface area (Å²) in [5, 5.41) is 8.76. The molecule has 3 heteroatoms. The lowest BCUT2D eigenvalue weighted by Crippen LogP contribution is -2.33. The average Bonchev–Trinajstić information content (AvgIpc) is 2.90. The van der Waals surface area contributed by atoms with Crippen LogP contribution in [0, 0.1) is 6.92 Å². The maximum Gasteiger partial charge on any atom is 0.328 e. The highest BCUT2D eigenvalue weighted by Gasteiger charge is 2.36. The molecule has 0 spiro atoms. The number of aliphatic carboxylic acids is 1. The Morgan fingerprint density at radius 1 is 1.12 bits per heavy atom. The van der Waals surface area contributed by atoms with Gasteiger partial charge in [-0.3, -0.25) is 0 Å². The van der Waals surface area contributed by atoms with Crippen LogP contribution in [0.5, 0.6) is 0 Å². The van der Waals surface area contributed by atoms with Gasteiger partial charge in [0.05, 0.1) is 0 Å². The van der Waals surface area contributed by atoms with E-state index in [2.05, 4.69) is 45.9 Å². The summed E-state index contributed by atoms with van der Waals surface area (Å²) in [4.78, 5) is 10.7. The molecule has 3 nitrogen and oxygen atoms in total. The summed E-state index contributed by atoms with van der Waals surface area (Å²) >= 11 is 0. The lowest BCUT2D eigenvalue weighted by atomic mass is 9.63. The minimum absolute atomic E-state index is 0.196. The second-order valence-corrected chi connectivity index (χ2v) is 8.73. The number of carbonyl (C=O) groups is 1. The van der Waals surface area contributed by atoms with Gasteiger partial charge in [0.2, 0.25) is 0 Å². The molecule has 1 aromatic carbocycles. The molecule has 0 bridgehead atoms. The molecule has 26 heavy (non-hydrogen) atoms. The van der Waals surface area contributed by atoms with Gasteiger partial charge in [-0.05, 0) is 65.0 Å². The van der Waals surface area contributed by atoms with Crippen molar-refractivity contribution in [2.24, 2.45) is 0 Å². The number of carboxylic acids is 1. The first-order valence-corrected chi connectivity index (χ1v) is 9.23. The molecule has 0 amide bonds. The highest BCUT2D eigenvalue weighted by Crippen LogP contribution is 2.46. The summed E-state index contributed by atoms with van der Waals surface area (Å²) in [6.45, 7) is 11.3. The molecule has 0 saturated heterocycles. The van der Waals surface area contributed by atoms with Crippen LogP contribution in [0.15, 0.2) is 34.8 Å². The maximum atomic E-state index is 10.7. The Hall–Kier alpha value is -2.29. The SMILES string of the molecule is Cc1oc(C=CC(=O)O)cc1Cc1ccc2c(c1)C(C)(C)CCC2(C)C. The third kappa shape index (κ3) is 3.62. The van der Waals surface area contributed by atoms with Gasteiger partial charge < -0.3 is 9.52 Å². The molecule has 1 aliphatic rings. The van der Waals surface area contributed by atoms with Gasteiger partial charge in [0.15, 0.2) is 0 Å². The van der Waals surface area contributed by atoms with Gasteiger partial charge in [-0.1, -0.05) is 45.9 Å². The molecule has 0 fully saturated rings. The maximum absolute atomic E-state index is 10.7. The molecule has 138 valence electrons. The standard InChI is InChI=1S/C23H28O3/c1-15-17(14-18(26-15)7-9-21(24)25)12-16-6-8-19-20(13-16)23(4,5)11-10-22(19,2)3/h6-9,13-14H,10-12H2,1-5H3,(H,24,25). The first-order chi connectivity index (χ1) is 12.1. The van der Waals surface area contributed by atoms with Crippen molar-refractivity contribution in [3.05, 3.63) is 64.1 Å². The third-order valence-corrected chi connectivity index (χ3v) is 5.74. The van der Waals surface area contributed by atoms with E-state index in [-0.39, 0.29) is 10.8 Å². The molecule has 0 radical (unpaired) electrons. The van der Waals surface area contributed by atoms with Gasteiger partial charge in [0.25, 0.3) is 0 Å². The molecule has 0 saturated carbocycles. The Balaban J connectivity index is 1.92. The number of carboxylic acid groups (broad SMARTS) is 1. The van der Waals surface area contributed by atoms with Crippen LogP contribution >= 0.6 is 0 Å². The molecule has 0 atom stereocenters. The summed E-state index contributed by atoms with van der Waals surface area (Å²) in [5.74, 6) is 0.451. The first kappa shape index (κ1) is 18.5. The largest absolute Gasteiger partial charge is 0.478 e. The van der Waals surface area contributed by atoms with Gasteiger partial charge in [0, 0.05) is 12.5 Å². The van der Waals surface area contributed by atoms with Crippen LogP contribution in [0.3, 0.4) is 0 Å². The molecular weight excluding hydrogens is 324 g/mol. The van der Waals surface area contributed by atoms with Crippen LogP contribution in [-0.4, -0.2) is 11.1 Å². The number of furan rings is 1. The van der Waals surface area contributed by atoms with Crippen LogP contribution in [0.1, 0.15) is 74.3 Å². The summed E-state index contributed by atoms with van der Waals surface area (Å²) in [7, 11) is 0. The van der Waals surface area contributed by atoms with E-state index in [9.17, 15) is 4.79 Å². The highest BCUT2D eigenvalue weighted by molar-refractivity contribution is 5.84. The van der Waals surface area contributed by atoms with Crippen LogP contribution in [0.4, 0.5) is 0 Å². The van der Waals surface area contributed by atoms with E-state index in [4.69, 9.17) is 9.52 Å². The molecule has 1 N–H and O–H groups in total. The minimum Gasteiger partial charge on any atom is -0.478 e. The highest BCUT2D eigenvalue weighted by atomic mass is 16.4. The summed E-state index contributed by atoms with van der Waals surface area (Å²) < 4.78 is 5.67. The van der Waals surface area contributed by atoms with E-state index < -0.39 is 5.97 Å². The zero-order valence-corrected chi connectivity index (χ0v) is 16.3. The summed E-state index contributed by atoms with van der Waals surface area (Å²) in [6.07, 6.45) is 5.81. The quantitative estimate of drug-likeness (QED) is 0.726.